The summed E-state index contributed by atoms with van der Waals surface area (Å²) in [6.07, 6.45) is 0. The number of hydrogen-bond acceptors (Lipinski definition) is 4. The Kier molecular flexibility index (Phi) is 3.89. The van der Waals surface area contributed by atoms with Crippen molar-refractivity contribution >= 4 is 5.97 Å². The number of pyridine rings is 1. The van der Waals surface area contributed by atoms with E-state index in [-0.39, 0.29) is 11.3 Å². The number of nitrogens with zero attached hydrogens (tertiary/aromatic N) is 1. The highest BCUT2D eigenvalue weighted by Gasteiger charge is 2.18. The first-order chi connectivity index (χ1) is 9.52. The van der Waals surface area contributed by atoms with E-state index >= 15 is 0 Å². The number of aromatic nitrogens is 1. The average molecular weight is 273 g/mol. The quantitative estimate of drug-likeness (QED) is 0.926. The van der Waals surface area contributed by atoms with Crippen LogP contribution in [0.15, 0.2) is 30.3 Å². The van der Waals surface area contributed by atoms with Crippen LogP contribution in [0.25, 0.3) is 0 Å². The summed E-state index contributed by atoms with van der Waals surface area (Å²) in [6.45, 7) is 3.43. The zero-order valence-corrected chi connectivity index (χ0v) is 11.5. The molecule has 1 N–H and O–H groups in total. The van der Waals surface area contributed by atoms with Gasteiger partial charge >= 0.3 is 5.97 Å². The molecule has 0 fully saturated rings. The molecule has 1 heterocycles. The van der Waals surface area contributed by atoms with Gasteiger partial charge in [-0.1, -0.05) is 12.1 Å². The van der Waals surface area contributed by atoms with E-state index in [1.165, 1.54) is 7.11 Å². The molecule has 0 saturated carbocycles. The highest BCUT2D eigenvalue weighted by Crippen LogP contribution is 2.33. The van der Waals surface area contributed by atoms with Crippen molar-refractivity contribution in [2.45, 2.75) is 13.8 Å². The maximum absolute atomic E-state index is 11.3. The van der Waals surface area contributed by atoms with Gasteiger partial charge in [-0.2, -0.15) is 0 Å². The van der Waals surface area contributed by atoms with Crippen LogP contribution in [0, 0.1) is 13.8 Å². The van der Waals surface area contributed by atoms with Gasteiger partial charge < -0.3 is 14.6 Å². The normalized spacial score (nSPS) is 10.2. The number of aromatic carboxylic acids is 1. The first-order valence-electron chi connectivity index (χ1n) is 6.05. The Labute approximate surface area is 116 Å². The molecule has 2 aromatic rings. The van der Waals surface area contributed by atoms with Gasteiger partial charge in [0, 0.05) is 11.8 Å². The lowest BCUT2D eigenvalue weighted by Crippen LogP contribution is -2.06. The maximum atomic E-state index is 11.3. The summed E-state index contributed by atoms with van der Waals surface area (Å²) in [5.74, 6) is 0.186. The van der Waals surface area contributed by atoms with Crippen molar-refractivity contribution in [2.75, 3.05) is 7.11 Å². The summed E-state index contributed by atoms with van der Waals surface area (Å²) in [5.41, 5.74) is 1.17. The standard InChI is InChI=1S/C15H15NO4/c1-9-8-13(14(15(17)18)10(2)16-9)20-12-7-5-4-6-11(12)19-3/h4-8H,1-3H3,(H,17,18). The molecule has 5 heteroatoms. The Morgan fingerprint density at radius 1 is 1.15 bits per heavy atom. The predicted molar refractivity (Wildman–Crippen MR) is 73.7 cm³/mol. The Morgan fingerprint density at radius 3 is 2.40 bits per heavy atom. The topological polar surface area (TPSA) is 68.7 Å². The van der Waals surface area contributed by atoms with Crippen molar-refractivity contribution in [3.63, 3.8) is 0 Å². The van der Waals surface area contributed by atoms with Gasteiger partial charge in [0.15, 0.2) is 11.5 Å². The second-order valence-electron chi connectivity index (χ2n) is 4.28. The van der Waals surface area contributed by atoms with E-state index in [1.54, 1.807) is 38.1 Å². The van der Waals surface area contributed by atoms with E-state index in [2.05, 4.69) is 4.98 Å². The molecule has 0 bridgehead atoms. The van der Waals surface area contributed by atoms with Crippen LogP contribution < -0.4 is 9.47 Å². The Bertz CT molecular complexity index is 652. The van der Waals surface area contributed by atoms with Crippen LogP contribution in [0.5, 0.6) is 17.2 Å². The van der Waals surface area contributed by atoms with E-state index in [1.807, 2.05) is 6.07 Å². The van der Waals surface area contributed by atoms with Gasteiger partial charge in [0.25, 0.3) is 0 Å². The maximum Gasteiger partial charge on any atom is 0.341 e. The third-order valence-electron chi connectivity index (χ3n) is 2.80. The zero-order valence-electron chi connectivity index (χ0n) is 11.5. The van der Waals surface area contributed by atoms with E-state index in [4.69, 9.17) is 9.47 Å². The Hall–Kier alpha value is -2.56. The van der Waals surface area contributed by atoms with Gasteiger partial charge in [-0.3, -0.25) is 4.98 Å². The summed E-state index contributed by atoms with van der Waals surface area (Å²) >= 11 is 0. The van der Waals surface area contributed by atoms with Crippen LogP contribution >= 0.6 is 0 Å². The first kappa shape index (κ1) is 13.9. The number of carboxylic acid groups (broad SMARTS) is 1. The summed E-state index contributed by atoms with van der Waals surface area (Å²) in [7, 11) is 1.53. The zero-order chi connectivity index (χ0) is 14.7. The first-order valence-corrected chi connectivity index (χ1v) is 6.05. The fraction of sp³-hybridized carbons (Fsp3) is 0.200. The SMILES string of the molecule is COc1ccccc1Oc1cc(C)nc(C)c1C(=O)O. The van der Waals surface area contributed by atoms with Gasteiger partial charge in [-0.05, 0) is 26.0 Å². The molecule has 20 heavy (non-hydrogen) atoms. The Morgan fingerprint density at radius 2 is 1.80 bits per heavy atom. The van der Waals surface area contributed by atoms with Gasteiger partial charge in [-0.15, -0.1) is 0 Å². The molecule has 0 aliphatic carbocycles. The molecule has 0 amide bonds. The van der Waals surface area contributed by atoms with E-state index < -0.39 is 5.97 Å². The van der Waals surface area contributed by atoms with Gasteiger partial charge in [0.1, 0.15) is 11.3 Å². The fourth-order valence-corrected chi connectivity index (χ4v) is 1.96. The Balaban J connectivity index is 2.50. The summed E-state index contributed by atoms with van der Waals surface area (Å²) in [6, 6.07) is 8.67. The predicted octanol–water partition coefficient (Wildman–Crippen LogP) is 3.20. The number of para-hydroxylation sites is 2. The second-order valence-corrected chi connectivity index (χ2v) is 4.28. The molecule has 0 aliphatic heterocycles. The fourth-order valence-electron chi connectivity index (χ4n) is 1.96. The monoisotopic (exact) mass is 273 g/mol. The molecule has 1 aromatic carbocycles. The molecule has 0 unspecified atom stereocenters. The summed E-state index contributed by atoms with van der Waals surface area (Å²) < 4.78 is 10.9. The summed E-state index contributed by atoms with van der Waals surface area (Å²) in [5, 5.41) is 9.29. The highest BCUT2D eigenvalue weighted by atomic mass is 16.5. The smallest absolute Gasteiger partial charge is 0.341 e. The minimum absolute atomic E-state index is 0.0570. The number of carboxylic acids is 1. The van der Waals surface area contributed by atoms with Crippen LogP contribution in [0.2, 0.25) is 0 Å². The average Bonchev–Trinajstić information content (AvgIpc) is 2.38. The third kappa shape index (κ3) is 2.71. The number of ether oxygens (including phenoxy) is 2. The minimum atomic E-state index is -1.07. The van der Waals surface area contributed by atoms with E-state index in [9.17, 15) is 9.90 Å². The lowest BCUT2D eigenvalue weighted by atomic mass is 10.1. The van der Waals surface area contributed by atoms with Gasteiger partial charge in [0.05, 0.1) is 12.8 Å². The third-order valence-corrected chi connectivity index (χ3v) is 2.80. The number of hydrogen-bond donors (Lipinski definition) is 1. The van der Waals surface area contributed by atoms with Crippen LogP contribution in [0.3, 0.4) is 0 Å². The number of benzene rings is 1. The molecular weight excluding hydrogens is 258 g/mol. The van der Waals surface area contributed by atoms with Gasteiger partial charge in [-0.25, -0.2) is 4.79 Å². The number of aryl methyl sites for hydroxylation is 2. The van der Waals surface area contributed by atoms with E-state index in [0.717, 1.165) is 0 Å². The lowest BCUT2D eigenvalue weighted by molar-refractivity contribution is 0.0692. The minimum Gasteiger partial charge on any atom is -0.493 e. The van der Waals surface area contributed by atoms with Crippen LogP contribution in [0.4, 0.5) is 0 Å². The molecule has 1 aromatic heterocycles. The van der Waals surface area contributed by atoms with Crippen molar-refractivity contribution < 1.29 is 19.4 Å². The van der Waals surface area contributed by atoms with Crippen molar-refractivity contribution in [1.29, 1.82) is 0 Å². The van der Waals surface area contributed by atoms with Crippen LogP contribution in [-0.4, -0.2) is 23.2 Å². The lowest BCUT2D eigenvalue weighted by Gasteiger charge is -2.13. The molecule has 5 nitrogen and oxygen atoms in total. The van der Waals surface area contributed by atoms with Crippen LogP contribution in [0.1, 0.15) is 21.7 Å². The second kappa shape index (κ2) is 5.61. The van der Waals surface area contributed by atoms with Gasteiger partial charge in [0.2, 0.25) is 0 Å². The molecule has 104 valence electrons. The molecule has 0 saturated heterocycles. The molecule has 2 rings (SSSR count). The number of carbonyl (C=O) groups is 1. The van der Waals surface area contributed by atoms with Crippen LogP contribution in [-0.2, 0) is 0 Å². The largest absolute Gasteiger partial charge is 0.493 e. The molecule has 0 atom stereocenters. The molecule has 0 radical (unpaired) electrons. The number of rotatable bonds is 4. The van der Waals surface area contributed by atoms with Crippen molar-refractivity contribution in [1.82, 2.24) is 4.98 Å². The number of methoxy groups -OCH3 is 1. The van der Waals surface area contributed by atoms with E-state index in [0.29, 0.717) is 22.9 Å². The highest BCUT2D eigenvalue weighted by molar-refractivity contribution is 5.92. The molecule has 0 spiro atoms. The van der Waals surface area contributed by atoms with Crippen molar-refractivity contribution in [3.8, 4) is 17.2 Å². The van der Waals surface area contributed by atoms with Crippen molar-refractivity contribution in [2.24, 2.45) is 0 Å². The summed E-state index contributed by atoms with van der Waals surface area (Å²) in [4.78, 5) is 15.5. The molecular formula is C15H15NO4. The van der Waals surface area contributed by atoms with Crippen molar-refractivity contribution in [3.05, 3.63) is 47.3 Å². The molecule has 0 aliphatic rings.